The van der Waals surface area contributed by atoms with E-state index in [0.29, 0.717) is 17.2 Å². The van der Waals surface area contributed by atoms with Gasteiger partial charge < -0.3 is 4.74 Å². The molecule has 0 bridgehead atoms. The van der Waals surface area contributed by atoms with Crippen LogP contribution in [0.15, 0.2) is 48.5 Å². The molecule has 0 N–H and O–H groups in total. The van der Waals surface area contributed by atoms with Gasteiger partial charge in [0.25, 0.3) is 0 Å². The molecule has 3 rings (SSSR count). The van der Waals surface area contributed by atoms with Crippen LogP contribution in [0.5, 0.6) is 5.75 Å². The number of hydrogen-bond donors (Lipinski definition) is 0. The molecule has 0 aromatic heterocycles. The van der Waals surface area contributed by atoms with E-state index in [-0.39, 0.29) is 11.7 Å². The van der Waals surface area contributed by atoms with Crippen molar-refractivity contribution in [2.45, 2.75) is 6.42 Å². The molecule has 0 fully saturated rings. The van der Waals surface area contributed by atoms with Crippen molar-refractivity contribution in [1.29, 1.82) is 0 Å². The Balaban J connectivity index is 1.83. The van der Waals surface area contributed by atoms with Gasteiger partial charge in [0.15, 0.2) is 5.78 Å². The second kappa shape index (κ2) is 5.06. The lowest BCUT2D eigenvalue weighted by Crippen LogP contribution is -2.28. The minimum Gasteiger partial charge on any atom is -0.493 e. The lowest BCUT2D eigenvalue weighted by Gasteiger charge is -2.24. The number of ether oxygens (including phenoxy) is 1. The zero-order chi connectivity index (χ0) is 13.2. The number of ketones is 1. The number of carbonyl (C=O) groups excluding carboxylic acids is 1. The fourth-order valence-electron chi connectivity index (χ4n) is 2.37. The fourth-order valence-corrected chi connectivity index (χ4v) is 2.56. The average Bonchev–Trinajstić information content (AvgIpc) is 2.46. The molecule has 2 aromatic rings. The van der Waals surface area contributed by atoms with Crippen LogP contribution >= 0.6 is 11.6 Å². The highest BCUT2D eigenvalue weighted by molar-refractivity contribution is 6.31. The Morgan fingerprint density at radius 3 is 2.84 bits per heavy atom. The summed E-state index contributed by atoms with van der Waals surface area (Å²) < 4.78 is 5.66. The summed E-state index contributed by atoms with van der Waals surface area (Å²) in [5, 5.41) is 0.586. The quantitative estimate of drug-likeness (QED) is 0.778. The maximum atomic E-state index is 12.4. The normalized spacial score (nSPS) is 17.4. The van der Waals surface area contributed by atoms with Crippen LogP contribution in [0.3, 0.4) is 0 Å². The van der Waals surface area contributed by atoms with Gasteiger partial charge in [-0.1, -0.05) is 41.9 Å². The SMILES string of the molecule is O=C(c1cccc(Cl)c1)C1COc2ccccc2C1. The first-order valence-electron chi connectivity index (χ1n) is 6.24. The summed E-state index contributed by atoms with van der Waals surface area (Å²) in [4.78, 5) is 12.4. The molecule has 0 aliphatic carbocycles. The number of halogens is 1. The van der Waals surface area contributed by atoms with Crippen molar-refractivity contribution >= 4 is 17.4 Å². The molecule has 0 radical (unpaired) electrons. The lowest BCUT2D eigenvalue weighted by atomic mass is 9.90. The molecule has 0 saturated heterocycles. The highest BCUT2D eigenvalue weighted by Crippen LogP contribution is 2.28. The predicted octanol–water partition coefficient (Wildman–Crippen LogP) is 3.77. The molecule has 1 heterocycles. The minimum absolute atomic E-state index is 0.0944. The van der Waals surface area contributed by atoms with Gasteiger partial charge in [0.05, 0.1) is 12.5 Å². The molecule has 1 aliphatic heterocycles. The van der Waals surface area contributed by atoms with E-state index in [2.05, 4.69) is 0 Å². The number of benzene rings is 2. The second-order valence-corrected chi connectivity index (χ2v) is 5.13. The summed E-state index contributed by atoms with van der Waals surface area (Å²) in [6, 6.07) is 14.9. The molecule has 1 unspecified atom stereocenters. The van der Waals surface area contributed by atoms with E-state index in [1.807, 2.05) is 24.3 Å². The van der Waals surface area contributed by atoms with Gasteiger partial charge in [0, 0.05) is 10.6 Å². The van der Waals surface area contributed by atoms with Crippen LogP contribution in [-0.4, -0.2) is 12.4 Å². The molecular weight excluding hydrogens is 260 g/mol. The topological polar surface area (TPSA) is 26.3 Å². The number of Topliss-reactive ketones (excluding diaryl/α,β-unsaturated/α-hetero) is 1. The van der Waals surface area contributed by atoms with Gasteiger partial charge in [0.2, 0.25) is 0 Å². The summed E-state index contributed by atoms with van der Waals surface area (Å²) in [7, 11) is 0. The third kappa shape index (κ3) is 2.49. The molecule has 2 nitrogen and oxygen atoms in total. The number of fused-ring (bicyclic) bond motifs is 1. The molecule has 1 aliphatic rings. The lowest BCUT2D eigenvalue weighted by molar-refractivity contribution is 0.0855. The molecule has 2 aromatic carbocycles. The van der Waals surface area contributed by atoms with Crippen molar-refractivity contribution in [3.63, 3.8) is 0 Å². The van der Waals surface area contributed by atoms with Gasteiger partial charge in [-0.15, -0.1) is 0 Å². The van der Waals surface area contributed by atoms with E-state index >= 15 is 0 Å². The van der Waals surface area contributed by atoms with E-state index in [0.717, 1.165) is 17.7 Å². The van der Waals surface area contributed by atoms with Crippen LogP contribution in [-0.2, 0) is 6.42 Å². The first kappa shape index (κ1) is 12.2. The first-order valence-corrected chi connectivity index (χ1v) is 6.62. The number of hydrogen-bond acceptors (Lipinski definition) is 2. The minimum atomic E-state index is -0.131. The molecule has 19 heavy (non-hydrogen) atoms. The highest BCUT2D eigenvalue weighted by atomic mass is 35.5. The summed E-state index contributed by atoms with van der Waals surface area (Å²) >= 11 is 5.93. The molecular formula is C16H13ClO2. The van der Waals surface area contributed by atoms with Gasteiger partial charge in [-0.05, 0) is 30.2 Å². The predicted molar refractivity (Wildman–Crippen MR) is 74.9 cm³/mol. The van der Waals surface area contributed by atoms with Crippen molar-refractivity contribution in [2.24, 2.45) is 5.92 Å². The van der Waals surface area contributed by atoms with Gasteiger partial charge in [-0.25, -0.2) is 0 Å². The van der Waals surface area contributed by atoms with Crippen molar-refractivity contribution < 1.29 is 9.53 Å². The van der Waals surface area contributed by atoms with Crippen LogP contribution in [0, 0.1) is 5.92 Å². The maximum Gasteiger partial charge on any atom is 0.169 e. The zero-order valence-electron chi connectivity index (χ0n) is 10.3. The number of rotatable bonds is 2. The van der Waals surface area contributed by atoms with Crippen molar-refractivity contribution in [3.05, 3.63) is 64.7 Å². The molecule has 0 spiro atoms. The smallest absolute Gasteiger partial charge is 0.169 e. The van der Waals surface area contributed by atoms with Crippen LogP contribution in [0.1, 0.15) is 15.9 Å². The monoisotopic (exact) mass is 272 g/mol. The van der Waals surface area contributed by atoms with Crippen molar-refractivity contribution in [3.8, 4) is 5.75 Å². The van der Waals surface area contributed by atoms with Crippen molar-refractivity contribution in [1.82, 2.24) is 0 Å². The van der Waals surface area contributed by atoms with Crippen molar-refractivity contribution in [2.75, 3.05) is 6.61 Å². The van der Waals surface area contributed by atoms with E-state index in [1.54, 1.807) is 24.3 Å². The van der Waals surface area contributed by atoms with Gasteiger partial charge in [-0.2, -0.15) is 0 Å². The zero-order valence-corrected chi connectivity index (χ0v) is 11.1. The summed E-state index contributed by atoms with van der Waals surface area (Å²) in [6.45, 7) is 0.433. The molecule has 1 atom stereocenters. The van der Waals surface area contributed by atoms with E-state index in [4.69, 9.17) is 16.3 Å². The summed E-state index contributed by atoms with van der Waals surface area (Å²) in [5.41, 5.74) is 1.75. The maximum absolute atomic E-state index is 12.4. The Morgan fingerprint density at radius 1 is 1.16 bits per heavy atom. The molecule has 0 amide bonds. The van der Waals surface area contributed by atoms with Crippen LogP contribution < -0.4 is 4.74 Å². The van der Waals surface area contributed by atoms with E-state index < -0.39 is 0 Å². The second-order valence-electron chi connectivity index (χ2n) is 4.69. The van der Waals surface area contributed by atoms with Gasteiger partial charge >= 0.3 is 0 Å². The first-order chi connectivity index (χ1) is 9.24. The Morgan fingerprint density at radius 2 is 2.00 bits per heavy atom. The van der Waals surface area contributed by atoms with Gasteiger partial charge in [-0.3, -0.25) is 4.79 Å². The Bertz CT molecular complexity index is 622. The Labute approximate surface area is 117 Å². The largest absolute Gasteiger partial charge is 0.493 e. The summed E-state index contributed by atoms with van der Waals surface area (Å²) in [5.74, 6) is 0.850. The number of para-hydroxylation sites is 1. The van der Waals surface area contributed by atoms with E-state index in [1.165, 1.54) is 0 Å². The molecule has 0 saturated carbocycles. The fraction of sp³-hybridized carbons (Fsp3) is 0.188. The molecule has 96 valence electrons. The third-order valence-electron chi connectivity index (χ3n) is 3.36. The average molecular weight is 273 g/mol. The third-order valence-corrected chi connectivity index (χ3v) is 3.59. The van der Waals surface area contributed by atoms with Crippen LogP contribution in [0.4, 0.5) is 0 Å². The van der Waals surface area contributed by atoms with Gasteiger partial charge in [0.1, 0.15) is 5.75 Å². The standard InChI is InChI=1S/C16H13ClO2/c17-14-6-3-5-12(9-14)16(18)13-8-11-4-1-2-7-15(11)19-10-13/h1-7,9,13H,8,10H2. The summed E-state index contributed by atoms with van der Waals surface area (Å²) in [6.07, 6.45) is 0.724. The van der Waals surface area contributed by atoms with Crippen LogP contribution in [0.25, 0.3) is 0 Å². The highest BCUT2D eigenvalue weighted by Gasteiger charge is 2.26. The molecule has 3 heteroatoms. The Kier molecular flexibility index (Phi) is 3.26. The number of carbonyl (C=O) groups is 1. The van der Waals surface area contributed by atoms with E-state index in [9.17, 15) is 4.79 Å². The van der Waals surface area contributed by atoms with Crippen LogP contribution in [0.2, 0.25) is 5.02 Å². The Hall–Kier alpha value is -1.80.